The van der Waals surface area contributed by atoms with Crippen molar-refractivity contribution in [1.29, 1.82) is 0 Å². The average molecular weight is 250 g/mol. The van der Waals surface area contributed by atoms with Crippen LogP contribution in [0.4, 0.5) is 0 Å². The van der Waals surface area contributed by atoms with Gasteiger partial charge >= 0.3 is 5.97 Å². The number of carbonyl (C=O) groups is 1. The predicted molar refractivity (Wildman–Crippen MR) is 65.8 cm³/mol. The average Bonchev–Trinajstić information content (AvgIpc) is 2.79. The summed E-state index contributed by atoms with van der Waals surface area (Å²) in [7, 11) is 0. The highest BCUT2D eigenvalue weighted by atomic mass is 16.7. The third-order valence-electron chi connectivity index (χ3n) is 3.72. The van der Waals surface area contributed by atoms with Crippen LogP contribution >= 0.6 is 0 Å². The van der Waals surface area contributed by atoms with E-state index in [1.807, 2.05) is 6.08 Å². The maximum absolute atomic E-state index is 10.3. The molecule has 0 atom stereocenters. The first-order valence-electron chi connectivity index (χ1n) is 6.24. The molecule has 1 spiro atoms. The molecule has 0 aromatic carbocycles. The highest BCUT2D eigenvalue weighted by Gasteiger charge is 2.43. The van der Waals surface area contributed by atoms with Gasteiger partial charge in [0, 0.05) is 18.8 Å². The van der Waals surface area contributed by atoms with Crippen molar-refractivity contribution in [3.05, 3.63) is 12.2 Å². The van der Waals surface area contributed by atoms with Crippen molar-refractivity contribution in [2.45, 2.75) is 38.4 Å². The molecule has 2 fully saturated rings. The van der Waals surface area contributed by atoms with Crippen molar-refractivity contribution in [1.82, 2.24) is 0 Å². The molecular weight excluding hydrogens is 232 g/mol. The Balaban J connectivity index is 1.91. The predicted octanol–water partition coefficient (Wildman–Crippen LogP) is 1.95. The fourth-order valence-electron chi connectivity index (χ4n) is 2.50. The number of carboxylic acid groups (broad SMARTS) is 1. The second-order valence-electron chi connectivity index (χ2n) is 5.17. The van der Waals surface area contributed by atoms with E-state index in [9.17, 15) is 4.79 Å². The summed E-state index contributed by atoms with van der Waals surface area (Å²) in [6, 6.07) is 0. The lowest BCUT2D eigenvalue weighted by Crippen LogP contribution is -2.38. The maximum atomic E-state index is 10.3. The van der Waals surface area contributed by atoms with E-state index in [-0.39, 0.29) is 11.2 Å². The van der Waals surface area contributed by atoms with Crippen molar-refractivity contribution >= 4 is 5.97 Å². The normalized spacial score (nSPS) is 24.9. The first-order chi connectivity index (χ1) is 8.54. The number of hydrogen-bond acceptors (Lipinski definition) is 3. The first-order valence-corrected chi connectivity index (χ1v) is 6.24. The summed E-state index contributed by atoms with van der Waals surface area (Å²) in [5.74, 6) is 3.16. The standard InChI is InChI=1S/C14H18O4/c1-13(5-3-2-4-12(15)16)6-8-14(9-7-13)17-10-11-18-14/h3,5H,6-11H2,1H3,(H,15,16). The minimum absolute atomic E-state index is 0.0632. The van der Waals surface area contributed by atoms with Crippen LogP contribution in [0.25, 0.3) is 0 Å². The van der Waals surface area contributed by atoms with Gasteiger partial charge in [-0.1, -0.05) is 18.9 Å². The minimum Gasteiger partial charge on any atom is -0.472 e. The molecule has 1 aliphatic heterocycles. The number of aliphatic carboxylic acids is 1. The molecule has 18 heavy (non-hydrogen) atoms. The number of ether oxygens (including phenoxy) is 2. The van der Waals surface area contributed by atoms with Crippen LogP contribution in [0, 0.1) is 17.3 Å². The van der Waals surface area contributed by atoms with Crippen molar-refractivity contribution in [3.8, 4) is 11.8 Å². The van der Waals surface area contributed by atoms with Crippen LogP contribution in [0.2, 0.25) is 0 Å². The van der Waals surface area contributed by atoms with Crippen LogP contribution in [-0.4, -0.2) is 30.1 Å². The minimum atomic E-state index is -1.10. The zero-order valence-corrected chi connectivity index (χ0v) is 10.6. The smallest absolute Gasteiger partial charge is 0.382 e. The summed E-state index contributed by atoms with van der Waals surface area (Å²) >= 11 is 0. The van der Waals surface area contributed by atoms with Crippen molar-refractivity contribution in [2.24, 2.45) is 5.41 Å². The van der Waals surface area contributed by atoms with Gasteiger partial charge in [0.25, 0.3) is 0 Å². The van der Waals surface area contributed by atoms with Crippen LogP contribution in [-0.2, 0) is 14.3 Å². The summed E-state index contributed by atoms with van der Waals surface area (Å²) in [6.45, 7) is 3.54. The Morgan fingerprint density at radius 2 is 1.83 bits per heavy atom. The molecule has 4 heteroatoms. The molecule has 2 rings (SSSR count). The molecule has 1 saturated heterocycles. The van der Waals surface area contributed by atoms with Gasteiger partial charge in [-0.15, -0.1) is 0 Å². The van der Waals surface area contributed by atoms with Gasteiger partial charge in [-0.2, -0.15) is 0 Å². The molecular formula is C14H18O4. The molecule has 2 aliphatic rings. The first kappa shape index (κ1) is 13.1. The Morgan fingerprint density at radius 3 is 2.39 bits per heavy atom. The third kappa shape index (κ3) is 3.12. The van der Waals surface area contributed by atoms with E-state index in [0.717, 1.165) is 25.7 Å². The van der Waals surface area contributed by atoms with Gasteiger partial charge in [-0.25, -0.2) is 4.79 Å². The van der Waals surface area contributed by atoms with Gasteiger partial charge in [0.15, 0.2) is 5.79 Å². The number of allylic oxidation sites excluding steroid dienone is 2. The highest BCUT2D eigenvalue weighted by molar-refractivity contribution is 5.86. The van der Waals surface area contributed by atoms with Gasteiger partial charge in [0.1, 0.15) is 0 Å². The monoisotopic (exact) mass is 250 g/mol. The van der Waals surface area contributed by atoms with Crippen LogP contribution in [0.5, 0.6) is 0 Å². The topological polar surface area (TPSA) is 55.8 Å². The van der Waals surface area contributed by atoms with Crippen molar-refractivity contribution in [2.75, 3.05) is 13.2 Å². The Morgan fingerprint density at radius 1 is 1.22 bits per heavy atom. The summed E-state index contributed by atoms with van der Waals surface area (Å²) < 4.78 is 11.4. The highest BCUT2D eigenvalue weighted by Crippen LogP contribution is 2.45. The van der Waals surface area contributed by atoms with Crippen LogP contribution in [0.3, 0.4) is 0 Å². The van der Waals surface area contributed by atoms with Gasteiger partial charge in [-0.3, -0.25) is 0 Å². The molecule has 1 N–H and O–H groups in total. The maximum Gasteiger partial charge on any atom is 0.382 e. The Bertz CT molecular complexity index is 397. The molecule has 0 radical (unpaired) electrons. The molecule has 1 aliphatic carbocycles. The van der Waals surface area contributed by atoms with E-state index in [2.05, 4.69) is 18.8 Å². The third-order valence-corrected chi connectivity index (χ3v) is 3.72. The summed E-state index contributed by atoms with van der Waals surface area (Å²) in [5, 5.41) is 8.41. The molecule has 98 valence electrons. The van der Waals surface area contributed by atoms with E-state index < -0.39 is 5.97 Å². The van der Waals surface area contributed by atoms with Crippen LogP contribution in [0.1, 0.15) is 32.6 Å². The Labute approximate surface area is 107 Å². The van der Waals surface area contributed by atoms with Crippen LogP contribution in [0.15, 0.2) is 12.2 Å². The quantitative estimate of drug-likeness (QED) is 0.723. The summed E-state index contributed by atoms with van der Waals surface area (Å²) in [5.41, 5.74) is 0.0632. The van der Waals surface area contributed by atoms with Crippen molar-refractivity contribution < 1.29 is 19.4 Å². The van der Waals surface area contributed by atoms with E-state index in [1.165, 1.54) is 0 Å². The van der Waals surface area contributed by atoms with Gasteiger partial charge in [0.2, 0.25) is 0 Å². The number of carboxylic acids is 1. The van der Waals surface area contributed by atoms with E-state index in [0.29, 0.717) is 13.2 Å². The zero-order valence-electron chi connectivity index (χ0n) is 10.6. The van der Waals surface area contributed by atoms with E-state index in [1.54, 1.807) is 6.08 Å². The van der Waals surface area contributed by atoms with Gasteiger partial charge in [0.05, 0.1) is 13.2 Å². The molecule has 0 aromatic rings. The number of rotatable bonds is 1. The second kappa shape index (κ2) is 5.13. The largest absolute Gasteiger partial charge is 0.472 e. The molecule has 0 aromatic heterocycles. The zero-order chi connectivity index (χ0) is 13.1. The SMILES string of the molecule is CC1(C=CC#CC(=O)O)CCC2(CC1)OCCO2. The second-order valence-corrected chi connectivity index (χ2v) is 5.17. The number of hydrogen-bond donors (Lipinski definition) is 1. The van der Waals surface area contributed by atoms with Crippen molar-refractivity contribution in [3.63, 3.8) is 0 Å². The van der Waals surface area contributed by atoms with Gasteiger partial charge in [-0.05, 0) is 24.3 Å². The lowest BCUT2D eigenvalue weighted by atomic mass is 9.73. The molecule has 0 bridgehead atoms. The summed E-state index contributed by atoms with van der Waals surface area (Å²) in [6.07, 6.45) is 7.37. The molecule has 1 heterocycles. The lowest BCUT2D eigenvalue weighted by molar-refractivity contribution is -0.186. The molecule has 0 amide bonds. The van der Waals surface area contributed by atoms with Crippen LogP contribution < -0.4 is 0 Å². The Hall–Kier alpha value is -1.31. The molecule has 1 saturated carbocycles. The fourth-order valence-corrected chi connectivity index (χ4v) is 2.50. The summed E-state index contributed by atoms with van der Waals surface area (Å²) in [4.78, 5) is 10.3. The molecule has 0 unspecified atom stereocenters. The fraction of sp³-hybridized carbons (Fsp3) is 0.643. The molecule has 4 nitrogen and oxygen atoms in total. The lowest BCUT2D eigenvalue weighted by Gasteiger charge is -2.40. The van der Waals surface area contributed by atoms with E-state index in [4.69, 9.17) is 14.6 Å². The van der Waals surface area contributed by atoms with E-state index >= 15 is 0 Å². The van der Waals surface area contributed by atoms with Gasteiger partial charge < -0.3 is 14.6 Å². The Kier molecular flexibility index (Phi) is 3.74.